The topological polar surface area (TPSA) is 79.0 Å². The number of hydrogen-bond acceptors (Lipinski definition) is 5. The number of anilines is 1. The monoisotopic (exact) mass is 479 g/mol. The third kappa shape index (κ3) is 5.40. The largest absolute Gasteiger partial charge is 0.497 e. The van der Waals surface area contributed by atoms with E-state index in [9.17, 15) is 13.2 Å². The molecule has 7 nitrogen and oxygen atoms in total. The first-order chi connectivity index (χ1) is 16.4. The van der Waals surface area contributed by atoms with E-state index in [0.717, 1.165) is 22.6 Å². The van der Waals surface area contributed by atoms with Crippen LogP contribution in [0.4, 0.5) is 5.69 Å². The number of nitrogens with zero attached hydrogens (tertiary/aromatic N) is 2. The van der Waals surface area contributed by atoms with Crippen LogP contribution in [-0.4, -0.2) is 52.5 Å². The number of carbonyl (C=O) groups is 1. The Labute approximate surface area is 201 Å². The van der Waals surface area contributed by atoms with Gasteiger partial charge in [0.1, 0.15) is 5.75 Å². The highest BCUT2D eigenvalue weighted by atomic mass is 32.2. The van der Waals surface area contributed by atoms with E-state index >= 15 is 0 Å². The fraction of sp³-hybridized carbons (Fsp3) is 0.269. The average Bonchev–Trinajstić information content (AvgIpc) is 2.88. The molecule has 0 radical (unpaired) electrons. The van der Waals surface area contributed by atoms with E-state index in [-0.39, 0.29) is 17.3 Å². The maximum Gasteiger partial charge on any atom is 0.254 e. The molecule has 178 valence electrons. The summed E-state index contributed by atoms with van der Waals surface area (Å²) in [5.74, 6) is 0.660. The molecule has 0 spiro atoms. The van der Waals surface area contributed by atoms with E-state index in [1.807, 2.05) is 61.5 Å². The van der Waals surface area contributed by atoms with Crippen LogP contribution in [-0.2, 0) is 16.6 Å². The van der Waals surface area contributed by atoms with Crippen molar-refractivity contribution in [1.82, 2.24) is 9.62 Å². The fourth-order valence-corrected chi connectivity index (χ4v) is 5.03. The lowest BCUT2D eigenvalue weighted by molar-refractivity contribution is 0.0746. The molecule has 1 heterocycles. The Morgan fingerprint density at radius 2 is 1.62 bits per heavy atom. The van der Waals surface area contributed by atoms with E-state index < -0.39 is 10.0 Å². The van der Waals surface area contributed by atoms with E-state index in [2.05, 4.69) is 9.62 Å². The predicted octanol–water partition coefficient (Wildman–Crippen LogP) is 3.44. The minimum Gasteiger partial charge on any atom is -0.497 e. The Kier molecular flexibility index (Phi) is 7.19. The molecular formula is C26H29N3O4S. The SMILES string of the molecule is COc1ccc(N2CCN(C(=O)c3cc(S(=O)(=O)NCc4ccccc4)ccc3C)CC2)cc1. The second kappa shape index (κ2) is 10.3. The van der Waals surface area contributed by atoms with Gasteiger partial charge in [0.25, 0.3) is 5.91 Å². The summed E-state index contributed by atoms with van der Waals surface area (Å²) in [6.45, 7) is 4.55. The zero-order chi connectivity index (χ0) is 24.1. The van der Waals surface area contributed by atoms with Crippen molar-refractivity contribution in [2.24, 2.45) is 0 Å². The van der Waals surface area contributed by atoms with Crippen LogP contribution < -0.4 is 14.4 Å². The molecule has 1 aliphatic rings. The molecule has 1 aliphatic heterocycles. The number of aryl methyl sites for hydroxylation is 1. The van der Waals surface area contributed by atoms with Crippen molar-refractivity contribution >= 4 is 21.6 Å². The number of benzene rings is 3. The van der Waals surface area contributed by atoms with Crippen molar-refractivity contribution in [3.8, 4) is 5.75 Å². The van der Waals surface area contributed by atoms with E-state index in [1.165, 1.54) is 6.07 Å². The first kappa shape index (κ1) is 23.8. The maximum atomic E-state index is 13.3. The summed E-state index contributed by atoms with van der Waals surface area (Å²) in [4.78, 5) is 17.4. The molecular weight excluding hydrogens is 450 g/mol. The summed E-state index contributed by atoms with van der Waals surface area (Å²) in [5, 5.41) is 0. The lowest BCUT2D eigenvalue weighted by Gasteiger charge is -2.36. The molecule has 3 aromatic carbocycles. The molecule has 8 heteroatoms. The lowest BCUT2D eigenvalue weighted by atomic mass is 10.1. The number of carbonyl (C=O) groups excluding carboxylic acids is 1. The Bertz CT molecular complexity index is 1240. The van der Waals surface area contributed by atoms with E-state index in [0.29, 0.717) is 31.7 Å². The molecule has 34 heavy (non-hydrogen) atoms. The number of amides is 1. The number of rotatable bonds is 7. The number of sulfonamides is 1. The van der Waals surface area contributed by atoms with Gasteiger partial charge in [-0.25, -0.2) is 13.1 Å². The fourth-order valence-electron chi connectivity index (χ4n) is 3.99. The van der Waals surface area contributed by atoms with E-state index in [1.54, 1.807) is 24.1 Å². The van der Waals surface area contributed by atoms with Gasteiger partial charge >= 0.3 is 0 Å². The third-order valence-electron chi connectivity index (χ3n) is 6.06. The second-order valence-corrected chi connectivity index (χ2v) is 10.0. The van der Waals surface area contributed by atoms with Crippen LogP contribution in [0.2, 0.25) is 0 Å². The van der Waals surface area contributed by atoms with Crippen molar-refractivity contribution in [3.05, 3.63) is 89.5 Å². The normalized spacial score (nSPS) is 14.2. The summed E-state index contributed by atoms with van der Waals surface area (Å²) in [6, 6.07) is 21.9. The van der Waals surface area contributed by atoms with Crippen molar-refractivity contribution in [3.63, 3.8) is 0 Å². The van der Waals surface area contributed by atoms with Gasteiger partial charge in [0.05, 0.1) is 12.0 Å². The lowest BCUT2D eigenvalue weighted by Crippen LogP contribution is -2.49. The van der Waals surface area contributed by atoms with Gasteiger partial charge in [-0.2, -0.15) is 0 Å². The van der Waals surface area contributed by atoms with Crippen molar-refractivity contribution < 1.29 is 17.9 Å². The summed E-state index contributed by atoms with van der Waals surface area (Å²) in [6.07, 6.45) is 0. The van der Waals surface area contributed by atoms with Crippen LogP contribution in [0.25, 0.3) is 0 Å². The van der Waals surface area contributed by atoms with Crippen LogP contribution >= 0.6 is 0 Å². The van der Waals surface area contributed by atoms with Crippen LogP contribution in [0.3, 0.4) is 0 Å². The maximum absolute atomic E-state index is 13.3. The molecule has 0 saturated carbocycles. The quantitative estimate of drug-likeness (QED) is 0.562. The number of ether oxygens (including phenoxy) is 1. The summed E-state index contributed by atoms with van der Waals surface area (Å²) >= 11 is 0. The molecule has 0 unspecified atom stereocenters. The number of hydrogen-bond donors (Lipinski definition) is 1. The Hall–Kier alpha value is -3.36. The molecule has 3 aromatic rings. The van der Waals surface area contributed by atoms with Gasteiger partial charge in [0.2, 0.25) is 10.0 Å². The van der Waals surface area contributed by atoms with Crippen molar-refractivity contribution in [1.29, 1.82) is 0 Å². The summed E-state index contributed by atoms with van der Waals surface area (Å²) in [7, 11) is -2.11. The zero-order valence-electron chi connectivity index (χ0n) is 19.4. The van der Waals surface area contributed by atoms with Crippen LogP contribution in [0.1, 0.15) is 21.5 Å². The molecule has 0 atom stereocenters. The van der Waals surface area contributed by atoms with Gasteiger partial charge in [-0.05, 0) is 54.4 Å². The molecule has 0 bridgehead atoms. The van der Waals surface area contributed by atoms with Gasteiger partial charge < -0.3 is 14.5 Å². The van der Waals surface area contributed by atoms with Crippen LogP contribution in [0, 0.1) is 6.92 Å². The van der Waals surface area contributed by atoms with E-state index in [4.69, 9.17) is 4.74 Å². The molecule has 1 amide bonds. The minimum absolute atomic E-state index is 0.0919. The summed E-state index contributed by atoms with van der Waals surface area (Å²) in [5.41, 5.74) is 3.12. The Balaban J connectivity index is 1.43. The number of piperazine rings is 1. The standard InChI is InChI=1S/C26H29N3O4S/c1-20-8-13-24(34(31,32)27-19-21-6-4-3-5-7-21)18-25(20)26(30)29-16-14-28(15-17-29)22-9-11-23(33-2)12-10-22/h3-13,18,27H,14-17,19H2,1-2H3. The molecule has 0 aromatic heterocycles. The van der Waals surface area contributed by atoms with Crippen molar-refractivity contribution in [2.75, 3.05) is 38.2 Å². The van der Waals surface area contributed by atoms with Gasteiger partial charge in [0.15, 0.2) is 0 Å². The first-order valence-electron chi connectivity index (χ1n) is 11.2. The first-order valence-corrected chi connectivity index (χ1v) is 12.7. The summed E-state index contributed by atoms with van der Waals surface area (Å²) < 4.78 is 33.6. The third-order valence-corrected chi connectivity index (χ3v) is 7.46. The molecule has 1 saturated heterocycles. The highest BCUT2D eigenvalue weighted by Crippen LogP contribution is 2.22. The van der Waals surface area contributed by atoms with Gasteiger partial charge in [-0.15, -0.1) is 0 Å². The van der Waals surface area contributed by atoms with Crippen LogP contribution in [0.5, 0.6) is 5.75 Å². The molecule has 1 N–H and O–H groups in total. The zero-order valence-corrected chi connectivity index (χ0v) is 20.2. The Morgan fingerprint density at radius 3 is 2.26 bits per heavy atom. The highest BCUT2D eigenvalue weighted by molar-refractivity contribution is 7.89. The second-order valence-electron chi connectivity index (χ2n) is 8.26. The average molecular weight is 480 g/mol. The number of nitrogens with one attached hydrogen (secondary N) is 1. The molecule has 0 aliphatic carbocycles. The molecule has 4 rings (SSSR count). The Morgan fingerprint density at radius 1 is 0.941 bits per heavy atom. The smallest absolute Gasteiger partial charge is 0.254 e. The van der Waals surface area contributed by atoms with Crippen molar-refractivity contribution in [2.45, 2.75) is 18.4 Å². The number of methoxy groups -OCH3 is 1. The highest BCUT2D eigenvalue weighted by Gasteiger charge is 2.25. The minimum atomic E-state index is -3.75. The van der Waals surface area contributed by atoms with Gasteiger partial charge in [0, 0.05) is 44.0 Å². The van der Waals surface area contributed by atoms with Gasteiger partial charge in [-0.3, -0.25) is 4.79 Å². The van der Waals surface area contributed by atoms with Gasteiger partial charge in [-0.1, -0.05) is 36.4 Å². The molecule has 1 fully saturated rings. The van der Waals surface area contributed by atoms with Crippen LogP contribution in [0.15, 0.2) is 77.7 Å². The predicted molar refractivity (Wildman–Crippen MR) is 133 cm³/mol.